The fraction of sp³-hybridized carbons (Fsp3) is 0.0517. The van der Waals surface area contributed by atoms with Crippen molar-refractivity contribution in [2.24, 2.45) is 0 Å². The summed E-state index contributed by atoms with van der Waals surface area (Å²) in [6, 6.07) is 74.8. The number of hydrogen-bond acceptors (Lipinski definition) is 4. The molecule has 0 saturated heterocycles. The van der Waals surface area contributed by atoms with Gasteiger partial charge in [-0.2, -0.15) is 5.26 Å². The predicted octanol–water partition coefficient (Wildman–Crippen LogP) is 16.4. The van der Waals surface area contributed by atoms with Crippen molar-refractivity contribution in [3.8, 4) is 28.3 Å². The number of benzene rings is 10. The lowest BCUT2D eigenvalue weighted by molar-refractivity contribution is 0.660. The molecule has 0 spiro atoms. The summed E-state index contributed by atoms with van der Waals surface area (Å²) in [5, 5.41) is 17.9. The summed E-state index contributed by atoms with van der Waals surface area (Å²) in [4.78, 5) is 6.98. The van der Waals surface area contributed by atoms with Gasteiger partial charge in [-0.15, -0.1) is 0 Å². The van der Waals surface area contributed by atoms with Crippen molar-refractivity contribution < 1.29 is 0 Å². The Hall–Kier alpha value is -7.58. The summed E-state index contributed by atoms with van der Waals surface area (Å²) >= 11 is 1.79. The van der Waals surface area contributed by atoms with Crippen molar-refractivity contribution in [2.75, 3.05) is 9.80 Å². The van der Waals surface area contributed by atoms with E-state index in [1.807, 2.05) is 0 Å². The van der Waals surface area contributed by atoms with Crippen LogP contribution < -0.4 is 9.80 Å². The Balaban J connectivity index is 1.02. The summed E-state index contributed by atoms with van der Waals surface area (Å²) in [6.45, 7) is 4.67. The lowest BCUT2D eigenvalue weighted by Gasteiger charge is -2.29. The molecule has 0 bridgehead atoms. The number of hydrogen-bond donors (Lipinski definition) is 0. The Morgan fingerprint density at radius 2 is 1.02 bits per heavy atom. The highest BCUT2D eigenvalue weighted by Crippen LogP contribution is 2.54. The Kier molecular flexibility index (Phi) is 8.19. The third-order valence-electron chi connectivity index (χ3n) is 13.0. The largest absolute Gasteiger partial charge is 0.310 e. The van der Waals surface area contributed by atoms with Gasteiger partial charge in [-0.3, -0.25) is 0 Å². The molecule has 3 nitrogen and oxygen atoms in total. The van der Waals surface area contributed by atoms with Crippen LogP contribution in [0.1, 0.15) is 30.5 Å². The first-order valence-electron chi connectivity index (χ1n) is 21.1. The van der Waals surface area contributed by atoms with E-state index in [2.05, 4.69) is 230 Å². The van der Waals surface area contributed by atoms with Gasteiger partial charge >= 0.3 is 0 Å². The first kappa shape index (κ1) is 36.3. The molecule has 0 aromatic heterocycles. The molecule has 2 aliphatic rings. The highest BCUT2D eigenvalue weighted by molar-refractivity contribution is 7.99. The zero-order valence-corrected chi connectivity index (χ0v) is 35.1. The van der Waals surface area contributed by atoms with Crippen LogP contribution in [0.25, 0.3) is 54.6 Å². The van der Waals surface area contributed by atoms with Gasteiger partial charge in [-0.05, 0) is 128 Å². The second-order valence-corrected chi connectivity index (χ2v) is 17.9. The second-order valence-electron chi connectivity index (χ2n) is 16.8. The maximum atomic E-state index is 11.1. The normalized spacial score (nSPS) is 13.0. The molecule has 292 valence electrons. The number of para-hydroxylation sites is 2. The molecular formula is C58H39N3S. The van der Waals surface area contributed by atoms with Gasteiger partial charge in [-0.25, -0.2) is 0 Å². The lowest BCUT2D eigenvalue weighted by atomic mass is 9.82. The fourth-order valence-electron chi connectivity index (χ4n) is 10.1. The second kappa shape index (κ2) is 14.0. The van der Waals surface area contributed by atoms with E-state index in [-0.39, 0.29) is 5.41 Å². The molecule has 10 aromatic rings. The number of nitriles is 1. The molecule has 1 aliphatic carbocycles. The summed E-state index contributed by atoms with van der Waals surface area (Å²) in [5.74, 6) is 0. The number of nitrogens with zero attached hydrogens (tertiary/aromatic N) is 3. The van der Waals surface area contributed by atoms with Gasteiger partial charge in [0.15, 0.2) is 0 Å². The van der Waals surface area contributed by atoms with E-state index in [1.54, 1.807) is 11.8 Å². The van der Waals surface area contributed by atoms with Crippen LogP contribution in [0, 0.1) is 11.3 Å². The quantitative estimate of drug-likeness (QED) is 0.157. The average Bonchev–Trinajstić information content (AvgIpc) is 3.55. The minimum absolute atomic E-state index is 0.128. The van der Waals surface area contributed by atoms with Gasteiger partial charge in [0, 0.05) is 65.7 Å². The van der Waals surface area contributed by atoms with E-state index in [9.17, 15) is 5.26 Å². The first-order valence-corrected chi connectivity index (χ1v) is 22.0. The third-order valence-corrected chi connectivity index (χ3v) is 14.1. The maximum absolute atomic E-state index is 11.1. The summed E-state index contributed by atoms with van der Waals surface area (Å²) < 4.78 is 0. The van der Waals surface area contributed by atoms with Crippen LogP contribution in [0.5, 0.6) is 0 Å². The Morgan fingerprint density at radius 3 is 1.77 bits per heavy atom. The molecular weight excluding hydrogens is 771 g/mol. The van der Waals surface area contributed by atoms with Crippen LogP contribution in [0.3, 0.4) is 0 Å². The van der Waals surface area contributed by atoms with Crippen molar-refractivity contribution in [3.63, 3.8) is 0 Å². The molecule has 0 radical (unpaired) electrons. The van der Waals surface area contributed by atoms with E-state index >= 15 is 0 Å². The van der Waals surface area contributed by atoms with E-state index in [4.69, 9.17) is 0 Å². The van der Waals surface area contributed by atoms with Gasteiger partial charge in [0.25, 0.3) is 0 Å². The molecule has 62 heavy (non-hydrogen) atoms. The minimum atomic E-state index is -0.128. The number of fused-ring (bicyclic) bond motifs is 8. The molecule has 0 N–H and O–H groups in total. The Labute approximate surface area is 365 Å². The molecule has 0 fully saturated rings. The number of rotatable bonds is 6. The monoisotopic (exact) mass is 809 g/mol. The van der Waals surface area contributed by atoms with Crippen molar-refractivity contribution in [2.45, 2.75) is 29.1 Å². The van der Waals surface area contributed by atoms with E-state index in [1.165, 1.54) is 33.0 Å². The van der Waals surface area contributed by atoms with E-state index in [0.29, 0.717) is 5.56 Å². The summed E-state index contributed by atoms with van der Waals surface area (Å²) in [7, 11) is 0. The fourth-order valence-corrected chi connectivity index (χ4v) is 11.3. The summed E-state index contributed by atoms with van der Waals surface area (Å²) in [5.41, 5.74) is 14.5. The van der Waals surface area contributed by atoms with Crippen LogP contribution in [0.2, 0.25) is 0 Å². The van der Waals surface area contributed by atoms with E-state index in [0.717, 1.165) is 76.6 Å². The van der Waals surface area contributed by atoms with Crippen LogP contribution in [-0.4, -0.2) is 0 Å². The van der Waals surface area contributed by atoms with Crippen molar-refractivity contribution in [1.82, 2.24) is 0 Å². The summed E-state index contributed by atoms with van der Waals surface area (Å²) in [6.07, 6.45) is 0. The molecule has 0 saturated carbocycles. The van der Waals surface area contributed by atoms with Crippen LogP contribution in [0.15, 0.2) is 210 Å². The highest BCUT2D eigenvalue weighted by atomic mass is 32.2. The molecule has 0 amide bonds. The molecule has 1 heterocycles. The topological polar surface area (TPSA) is 30.3 Å². The van der Waals surface area contributed by atoms with Crippen molar-refractivity contribution in [1.29, 1.82) is 5.26 Å². The van der Waals surface area contributed by atoms with Crippen molar-refractivity contribution >= 4 is 78.2 Å². The smallest absolute Gasteiger partial charge is 0.100 e. The van der Waals surface area contributed by atoms with Crippen molar-refractivity contribution in [3.05, 3.63) is 217 Å². The zero-order valence-electron chi connectivity index (χ0n) is 34.3. The molecule has 0 unspecified atom stereocenters. The van der Waals surface area contributed by atoms with Crippen LogP contribution in [-0.2, 0) is 5.41 Å². The molecule has 0 atom stereocenters. The van der Waals surface area contributed by atoms with Gasteiger partial charge in [0.05, 0.1) is 5.56 Å². The van der Waals surface area contributed by atoms with Crippen LogP contribution >= 0.6 is 11.8 Å². The molecule has 10 aromatic carbocycles. The first-order chi connectivity index (χ1) is 30.5. The molecule has 1 aliphatic heterocycles. The van der Waals surface area contributed by atoms with Crippen LogP contribution in [0.4, 0.5) is 34.1 Å². The highest BCUT2D eigenvalue weighted by Gasteiger charge is 2.36. The Bertz CT molecular complexity index is 3490. The average molecular weight is 810 g/mol. The molecule has 12 rings (SSSR count). The standard InChI is InChI=1S/C58H39N3S/c1-58(2)52-22-12-11-20-46(52)47-30-27-43(34-53(47)58)61(40-18-7-4-8-19-40)42-26-29-45-50(33-42)48-21-13-23-54-57(48)56(51(45)36-59)49-31-28-44(35-55(49)62-54)60(39-16-5-3-6-17-39)41-25-24-37-14-9-10-15-38(37)32-41/h3-35H,1-2H3. The number of anilines is 6. The lowest BCUT2D eigenvalue weighted by Crippen LogP contribution is -2.16. The van der Waals surface area contributed by atoms with Gasteiger partial charge in [0.1, 0.15) is 6.07 Å². The minimum Gasteiger partial charge on any atom is -0.310 e. The Morgan fingerprint density at radius 1 is 0.419 bits per heavy atom. The maximum Gasteiger partial charge on any atom is 0.100 e. The van der Waals surface area contributed by atoms with Gasteiger partial charge in [-0.1, -0.05) is 147 Å². The SMILES string of the molecule is CC1(C)c2ccccc2-c2ccc(N(c3ccccc3)c3ccc4c(C#N)c5c6c(cccc6c4c3)Sc3cc(N(c4ccccc4)c4ccc6ccccc6c4)ccc3-5)cc21. The predicted molar refractivity (Wildman–Crippen MR) is 260 cm³/mol. The molecule has 4 heteroatoms. The third kappa shape index (κ3) is 5.52. The van der Waals surface area contributed by atoms with E-state index < -0.39 is 0 Å². The van der Waals surface area contributed by atoms with Gasteiger partial charge in [0.2, 0.25) is 0 Å². The zero-order chi connectivity index (χ0) is 41.5. The van der Waals surface area contributed by atoms with Gasteiger partial charge < -0.3 is 9.80 Å².